The minimum absolute atomic E-state index is 0.530. The van der Waals surface area contributed by atoms with Crippen LogP contribution < -0.4 is 11.1 Å². The minimum Gasteiger partial charge on any atom is -0.354 e. The molecule has 3 heteroatoms. The first kappa shape index (κ1) is 10.6. The van der Waals surface area contributed by atoms with E-state index < -0.39 is 0 Å². The Labute approximate surface area is 95.3 Å². The number of anilines is 2. The zero-order chi connectivity index (χ0) is 11.4. The van der Waals surface area contributed by atoms with Crippen molar-refractivity contribution in [1.29, 1.82) is 0 Å². The van der Waals surface area contributed by atoms with Gasteiger partial charge in [-0.3, -0.25) is 4.98 Å². The van der Waals surface area contributed by atoms with Gasteiger partial charge in [-0.15, -0.1) is 0 Å². The molecule has 1 aromatic carbocycles. The van der Waals surface area contributed by atoms with Crippen LogP contribution in [0.4, 0.5) is 11.4 Å². The Balaban J connectivity index is 2.26. The number of nitrogens with zero attached hydrogens (tertiary/aromatic N) is 1. The van der Waals surface area contributed by atoms with E-state index in [1.807, 2.05) is 37.4 Å². The van der Waals surface area contributed by atoms with Crippen molar-refractivity contribution in [3.8, 4) is 0 Å². The van der Waals surface area contributed by atoms with Crippen molar-refractivity contribution < 1.29 is 0 Å². The standard InChI is InChI=1S/C13H15N3/c1-10-6-12(9-15-8-10)16-13-5-3-2-4-11(13)7-14/h2-6,8-9,16H,7,14H2,1H3. The van der Waals surface area contributed by atoms with Crippen molar-refractivity contribution in [2.24, 2.45) is 5.73 Å². The summed E-state index contributed by atoms with van der Waals surface area (Å²) >= 11 is 0. The average molecular weight is 213 g/mol. The van der Waals surface area contributed by atoms with E-state index in [0.717, 1.165) is 22.5 Å². The lowest BCUT2D eigenvalue weighted by molar-refractivity contribution is 1.07. The van der Waals surface area contributed by atoms with E-state index >= 15 is 0 Å². The first-order valence-electron chi connectivity index (χ1n) is 5.26. The van der Waals surface area contributed by atoms with E-state index in [2.05, 4.69) is 16.4 Å². The molecule has 0 saturated carbocycles. The van der Waals surface area contributed by atoms with Gasteiger partial charge in [-0.05, 0) is 30.2 Å². The van der Waals surface area contributed by atoms with Crippen molar-refractivity contribution in [3.63, 3.8) is 0 Å². The number of nitrogens with one attached hydrogen (secondary N) is 1. The third kappa shape index (κ3) is 2.38. The maximum atomic E-state index is 5.68. The first-order chi connectivity index (χ1) is 7.79. The number of nitrogens with two attached hydrogens (primary N) is 1. The number of aromatic nitrogens is 1. The number of aryl methyl sites for hydroxylation is 1. The molecule has 82 valence electrons. The number of hydrogen-bond acceptors (Lipinski definition) is 3. The summed E-state index contributed by atoms with van der Waals surface area (Å²) in [7, 11) is 0. The third-order valence-electron chi connectivity index (χ3n) is 2.39. The lowest BCUT2D eigenvalue weighted by Gasteiger charge is -2.10. The Morgan fingerprint density at radius 3 is 2.81 bits per heavy atom. The van der Waals surface area contributed by atoms with Gasteiger partial charge in [-0.1, -0.05) is 18.2 Å². The van der Waals surface area contributed by atoms with Crippen molar-refractivity contribution in [2.45, 2.75) is 13.5 Å². The summed E-state index contributed by atoms with van der Waals surface area (Å²) in [5.41, 5.74) is 9.94. The van der Waals surface area contributed by atoms with Crippen molar-refractivity contribution in [1.82, 2.24) is 4.98 Å². The van der Waals surface area contributed by atoms with E-state index in [-0.39, 0.29) is 0 Å². The molecule has 0 unspecified atom stereocenters. The molecule has 0 aliphatic rings. The SMILES string of the molecule is Cc1cncc(Nc2ccccc2CN)c1. The maximum absolute atomic E-state index is 5.68. The van der Waals surface area contributed by atoms with Gasteiger partial charge in [0.15, 0.2) is 0 Å². The van der Waals surface area contributed by atoms with Crippen molar-refractivity contribution in [3.05, 3.63) is 53.9 Å². The third-order valence-corrected chi connectivity index (χ3v) is 2.39. The zero-order valence-electron chi connectivity index (χ0n) is 9.27. The fourth-order valence-corrected chi connectivity index (χ4v) is 1.60. The second kappa shape index (κ2) is 4.77. The van der Waals surface area contributed by atoms with E-state index in [1.54, 1.807) is 6.20 Å². The van der Waals surface area contributed by atoms with Gasteiger partial charge in [-0.25, -0.2) is 0 Å². The molecule has 1 aromatic heterocycles. The molecule has 0 fully saturated rings. The van der Waals surface area contributed by atoms with Crippen LogP contribution in [0.15, 0.2) is 42.7 Å². The van der Waals surface area contributed by atoms with Gasteiger partial charge < -0.3 is 11.1 Å². The second-order valence-electron chi connectivity index (χ2n) is 3.74. The average Bonchev–Trinajstić information content (AvgIpc) is 2.30. The van der Waals surface area contributed by atoms with Crippen LogP contribution in [-0.2, 0) is 6.54 Å². The molecule has 2 rings (SSSR count). The first-order valence-corrected chi connectivity index (χ1v) is 5.26. The van der Waals surface area contributed by atoms with Gasteiger partial charge >= 0.3 is 0 Å². The second-order valence-corrected chi connectivity index (χ2v) is 3.74. The maximum Gasteiger partial charge on any atom is 0.0573 e. The van der Waals surface area contributed by atoms with Gasteiger partial charge in [0, 0.05) is 18.4 Å². The highest BCUT2D eigenvalue weighted by Gasteiger charge is 2.00. The fourth-order valence-electron chi connectivity index (χ4n) is 1.60. The number of hydrogen-bond donors (Lipinski definition) is 2. The Bertz CT molecular complexity index is 480. The summed E-state index contributed by atoms with van der Waals surface area (Å²) in [6, 6.07) is 10.1. The molecule has 0 bridgehead atoms. The normalized spacial score (nSPS) is 10.1. The monoisotopic (exact) mass is 213 g/mol. The molecule has 3 nitrogen and oxygen atoms in total. The van der Waals surface area contributed by atoms with Crippen LogP contribution in [0.2, 0.25) is 0 Å². The molecule has 2 aromatic rings. The molecule has 16 heavy (non-hydrogen) atoms. The highest BCUT2D eigenvalue weighted by molar-refractivity contribution is 5.62. The predicted molar refractivity (Wildman–Crippen MR) is 66.6 cm³/mol. The van der Waals surface area contributed by atoms with Crippen LogP contribution in [0, 0.1) is 6.92 Å². The van der Waals surface area contributed by atoms with Gasteiger partial charge in [-0.2, -0.15) is 0 Å². The molecule has 1 heterocycles. The van der Waals surface area contributed by atoms with Gasteiger partial charge in [0.05, 0.1) is 11.9 Å². The smallest absolute Gasteiger partial charge is 0.0573 e. The van der Waals surface area contributed by atoms with E-state index in [0.29, 0.717) is 6.54 Å². The van der Waals surface area contributed by atoms with Crippen LogP contribution in [0.3, 0.4) is 0 Å². The Kier molecular flexibility index (Phi) is 3.17. The number of para-hydroxylation sites is 1. The number of pyridine rings is 1. The van der Waals surface area contributed by atoms with Crippen LogP contribution in [-0.4, -0.2) is 4.98 Å². The molecular formula is C13H15N3. The highest BCUT2D eigenvalue weighted by atomic mass is 14.9. The van der Waals surface area contributed by atoms with Gasteiger partial charge in [0.25, 0.3) is 0 Å². The summed E-state index contributed by atoms with van der Waals surface area (Å²) in [6.45, 7) is 2.55. The van der Waals surface area contributed by atoms with Crippen molar-refractivity contribution in [2.75, 3.05) is 5.32 Å². The topological polar surface area (TPSA) is 50.9 Å². The Hall–Kier alpha value is -1.87. The number of benzene rings is 1. The molecule has 0 aliphatic carbocycles. The summed E-state index contributed by atoms with van der Waals surface area (Å²) < 4.78 is 0. The minimum atomic E-state index is 0.530. The largest absolute Gasteiger partial charge is 0.354 e. The molecule has 0 atom stereocenters. The highest BCUT2D eigenvalue weighted by Crippen LogP contribution is 2.20. The fraction of sp³-hybridized carbons (Fsp3) is 0.154. The summed E-state index contributed by atoms with van der Waals surface area (Å²) in [5, 5.41) is 3.32. The van der Waals surface area contributed by atoms with Gasteiger partial charge in [0.2, 0.25) is 0 Å². The molecule has 0 radical (unpaired) electrons. The number of rotatable bonds is 3. The van der Waals surface area contributed by atoms with Crippen LogP contribution in [0.5, 0.6) is 0 Å². The van der Waals surface area contributed by atoms with Crippen LogP contribution in [0.1, 0.15) is 11.1 Å². The van der Waals surface area contributed by atoms with Gasteiger partial charge in [0.1, 0.15) is 0 Å². The summed E-state index contributed by atoms with van der Waals surface area (Å²) in [6.07, 6.45) is 3.64. The Morgan fingerprint density at radius 2 is 2.06 bits per heavy atom. The lowest BCUT2D eigenvalue weighted by atomic mass is 10.1. The summed E-state index contributed by atoms with van der Waals surface area (Å²) in [4.78, 5) is 4.14. The van der Waals surface area contributed by atoms with E-state index in [4.69, 9.17) is 5.73 Å². The molecule has 0 amide bonds. The molecule has 3 N–H and O–H groups in total. The van der Waals surface area contributed by atoms with Crippen LogP contribution in [0.25, 0.3) is 0 Å². The molecular weight excluding hydrogens is 198 g/mol. The molecule has 0 spiro atoms. The van der Waals surface area contributed by atoms with E-state index in [9.17, 15) is 0 Å². The van der Waals surface area contributed by atoms with E-state index in [1.165, 1.54) is 0 Å². The zero-order valence-corrected chi connectivity index (χ0v) is 9.27. The summed E-state index contributed by atoms with van der Waals surface area (Å²) in [5.74, 6) is 0. The quantitative estimate of drug-likeness (QED) is 0.824. The Morgan fingerprint density at radius 1 is 1.25 bits per heavy atom. The van der Waals surface area contributed by atoms with Crippen LogP contribution >= 0.6 is 0 Å². The van der Waals surface area contributed by atoms with Crippen molar-refractivity contribution >= 4 is 11.4 Å². The lowest BCUT2D eigenvalue weighted by Crippen LogP contribution is -2.01. The molecule has 0 saturated heterocycles. The predicted octanol–water partition coefficient (Wildman–Crippen LogP) is 2.59. The molecule has 0 aliphatic heterocycles.